The van der Waals surface area contributed by atoms with Crippen molar-refractivity contribution in [2.24, 2.45) is 11.1 Å². The van der Waals surface area contributed by atoms with Crippen molar-refractivity contribution in [3.63, 3.8) is 0 Å². The third-order valence-electron chi connectivity index (χ3n) is 6.26. The van der Waals surface area contributed by atoms with E-state index in [2.05, 4.69) is 4.98 Å². The Morgan fingerprint density at radius 3 is 2.62 bits per heavy atom. The summed E-state index contributed by atoms with van der Waals surface area (Å²) in [7, 11) is 1.60. The van der Waals surface area contributed by atoms with Crippen LogP contribution >= 0.6 is 0 Å². The van der Waals surface area contributed by atoms with E-state index in [1.807, 2.05) is 60.7 Å². The van der Waals surface area contributed by atoms with Gasteiger partial charge in [-0.2, -0.15) is 0 Å². The van der Waals surface area contributed by atoms with Crippen LogP contribution in [0, 0.1) is 5.41 Å². The summed E-state index contributed by atoms with van der Waals surface area (Å²) in [4.78, 5) is 31.5. The molecule has 4 rings (SSSR count). The number of carbonyl (C=O) groups is 2. The first-order valence-corrected chi connectivity index (χ1v) is 10.7. The number of aromatic nitrogens is 1. The lowest BCUT2D eigenvalue weighted by atomic mass is 9.78. The molecule has 1 atom stereocenters. The first-order valence-electron chi connectivity index (χ1n) is 10.7. The van der Waals surface area contributed by atoms with Crippen molar-refractivity contribution in [2.45, 2.75) is 19.3 Å². The zero-order valence-electron chi connectivity index (χ0n) is 18.2. The van der Waals surface area contributed by atoms with Gasteiger partial charge in [-0.15, -0.1) is 0 Å². The number of amides is 2. The van der Waals surface area contributed by atoms with Gasteiger partial charge in [0, 0.05) is 25.5 Å². The van der Waals surface area contributed by atoms with Gasteiger partial charge in [-0.3, -0.25) is 14.6 Å². The molecule has 2 N–H and O–H groups in total. The number of nitrogens with zero attached hydrogens (tertiary/aromatic N) is 2. The van der Waals surface area contributed by atoms with Crippen LogP contribution in [0.25, 0.3) is 11.1 Å². The summed E-state index contributed by atoms with van der Waals surface area (Å²) >= 11 is 0. The van der Waals surface area contributed by atoms with E-state index in [0.717, 1.165) is 28.0 Å². The fourth-order valence-corrected chi connectivity index (χ4v) is 4.44. The van der Waals surface area contributed by atoms with E-state index in [1.165, 1.54) is 0 Å². The largest absolute Gasteiger partial charge is 0.497 e. The lowest BCUT2D eigenvalue weighted by Crippen LogP contribution is -2.42. The van der Waals surface area contributed by atoms with Gasteiger partial charge in [-0.05, 0) is 59.4 Å². The third-order valence-corrected chi connectivity index (χ3v) is 6.26. The number of benzene rings is 2. The molecule has 164 valence electrons. The second-order valence-electron chi connectivity index (χ2n) is 8.31. The van der Waals surface area contributed by atoms with Gasteiger partial charge in [0.05, 0.1) is 18.9 Å². The number of rotatable bonds is 7. The quantitative estimate of drug-likeness (QED) is 0.625. The standard InChI is InChI=1S/C26H27N3O3/c1-32-22-7-4-5-19(15-22)16-24(30)29-14-11-26(18-29,25(27)31)17-21-6-2-3-8-23(21)20-9-12-28-13-10-20/h2-10,12-13,15H,11,14,16-18H2,1H3,(H2,27,31)/t26-/m0/s1. The molecule has 32 heavy (non-hydrogen) atoms. The Kier molecular flexibility index (Phi) is 6.21. The minimum absolute atomic E-state index is 0.0104. The maximum absolute atomic E-state index is 13.0. The van der Waals surface area contributed by atoms with Gasteiger partial charge < -0.3 is 15.4 Å². The average Bonchev–Trinajstić information content (AvgIpc) is 3.26. The molecule has 2 aromatic carbocycles. The number of ether oxygens (including phenoxy) is 1. The van der Waals surface area contributed by atoms with E-state index in [0.29, 0.717) is 25.9 Å². The second kappa shape index (κ2) is 9.22. The van der Waals surface area contributed by atoms with Crippen LogP contribution in [0.3, 0.4) is 0 Å². The molecular weight excluding hydrogens is 402 g/mol. The van der Waals surface area contributed by atoms with Crippen LogP contribution in [-0.4, -0.2) is 41.9 Å². The van der Waals surface area contributed by atoms with Crippen LogP contribution in [0.5, 0.6) is 5.75 Å². The topological polar surface area (TPSA) is 85.5 Å². The molecule has 2 amide bonds. The predicted molar refractivity (Wildman–Crippen MR) is 123 cm³/mol. The van der Waals surface area contributed by atoms with Gasteiger partial charge in [0.25, 0.3) is 0 Å². The molecule has 6 nitrogen and oxygen atoms in total. The van der Waals surface area contributed by atoms with E-state index in [9.17, 15) is 9.59 Å². The Morgan fingerprint density at radius 2 is 1.88 bits per heavy atom. The number of methoxy groups -OCH3 is 1. The fourth-order valence-electron chi connectivity index (χ4n) is 4.44. The number of pyridine rings is 1. The first kappa shape index (κ1) is 21.6. The summed E-state index contributed by atoms with van der Waals surface area (Å²) < 4.78 is 5.25. The second-order valence-corrected chi connectivity index (χ2v) is 8.31. The monoisotopic (exact) mass is 429 g/mol. The highest BCUT2D eigenvalue weighted by atomic mass is 16.5. The molecule has 0 unspecified atom stereocenters. The van der Waals surface area contributed by atoms with Crippen LogP contribution in [0.4, 0.5) is 0 Å². The molecule has 0 spiro atoms. The summed E-state index contributed by atoms with van der Waals surface area (Å²) in [5.74, 6) is 0.346. The summed E-state index contributed by atoms with van der Waals surface area (Å²) in [5, 5.41) is 0. The number of likely N-dealkylation sites (tertiary alicyclic amines) is 1. The Bertz CT molecular complexity index is 1120. The van der Waals surface area contributed by atoms with Crippen LogP contribution in [0.2, 0.25) is 0 Å². The van der Waals surface area contributed by atoms with Crippen molar-refractivity contribution in [1.82, 2.24) is 9.88 Å². The number of nitrogens with two attached hydrogens (primary N) is 1. The molecule has 1 saturated heterocycles. The van der Waals surface area contributed by atoms with E-state index in [4.69, 9.17) is 10.5 Å². The highest BCUT2D eigenvalue weighted by molar-refractivity contribution is 5.85. The van der Waals surface area contributed by atoms with Crippen molar-refractivity contribution in [3.05, 3.63) is 84.2 Å². The molecule has 1 aromatic heterocycles. The maximum atomic E-state index is 13.0. The molecular formula is C26H27N3O3. The maximum Gasteiger partial charge on any atom is 0.227 e. The molecule has 1 fully saturated rings. The molecule has 2 heterocycles. The van der Waals surface area contributed by atoms with Crippen LogP contribution in [0.15, 0.2) is 73.1 Å². The number of carbonyl (C=O) groups excluding carboxylic acids is 2. The zero-order chi connectivity index (χ0) is 22.6. The summed E-state index contributed by atoms with van der Waals surface area (Å²) in [6.45, 7) is 0.846. The third kappa shape index (κ3) is 4.49. The highest BCUT2D eigenvalue weighted by Gasteiger charge is 2.45. The Morgan fingerprint density at radius 1 is 1.09 bits per heavy atom. The van der Waals surface area contributed by atoms with E-state index in [-0.39, 0.29) is 18.2 Å². The molecule has 6 heteroatoms. The van der Waals surface area contributed by atoms with Gasteiger partial charge in [-0.1, -0.05) is 36.4 Å². The van der Waals surface area contributed by atoms with E-state index < -0.39 is 5.41 Å². The Balaban J connectivity index is 1.54. The lowest BCUT2D eigenvalue weighted by molar-refractivity contribution is -0.131. The predicted octanol–water partition coefficient (Wildman–Crippen LogP) is 3.25. The lowest BCUT2D eigenvalue weighted by Gasteiger charge is -2.27. The molecule has 0 aliphatic carbocycles. The number of primary amides is 1. The van der Waals surface area contributed by atoms with E-state index in [1.54, 1.807) is 24.4 Å². The summed E-state index contributed by atoms with van der Waals surface area (Å²) in [6.07, 6.45) is 4.81. The van der Waals surface area contributed by atoms with Gasteiger partial charge in [-0.25, -0.2) is 0 Å². The molecule has 1 aliphatic heterocycles. The summed E-state index contributed by atoms with van der Waals surface area (Å²) in [5.41, 5.74) is 9.15. The number of hydrogen-bond donors (Lipinski definition) is 1. The van der Waals surface area contributed by atoms with Gasteiger partial charge in [0.2, 0.25) is 11.8 Å². The first-order chi connectivity index (χ1) is 15.5. The van der Waals surface area contributed by atoms with E-state index >= 15 is 0 Å². The van der Waals surface area contributed by atoms with Crippen LogP contribution in [0.1, 0.15) is 17.5 Å². The van der Waals surface area contributed by atoms with Crippen molar-refractivity contribution in [1.29, 1.82) is 0 Å². The molecule has 1 aliphatic rings. The fraction of sp³-hybridized carbons (Fsp3) is 0.269. The smallest absolute Gasteiger partial charge is 0.227 e. The molecule has 0 bridgehead atoms. The van der Waals surface area contributed by atoms with Gasteiger partial charge in [0.1, 0.15) is 5.75 Å². The van der Waals surface area contributed by atoms with Crippen LogP contribution < -0.4 is 10.5 Å². The van der Waals surface area contributed by atoms with Crippen LogP contribution in [-0.2, 0) is 22.4 Å². The normalized spacial score (nSPS) is 17.8. The minimum atomic E-state index is -0.785. The average molecular weight is 430 g/mol. The molecule has 0 radical (unpaired) electrons. The SMILES string of the molecule is COc1cccc(CC(=O)N2CC[C@@](Cc3ccccc3-c3ccncc3)(C(N)=O)C2)c1. The zero-order valence-corrected chi connectivity index (χ0v) is 18.2. The Hall–Kier alpha value is -3.67. The van der Waals surface area contributed by atoms with Crippen molar-refractivity contribution in [3.8, 4) is 16.9 Å². The van der Waals surface area contributed by atoms with Crippen molar-refractivity contribution >= 4 is 11.8 Å². The highest BCUT2D eigenvalue weighted by Crippen LogP contribution is 2.37. The van der Waals surface area contributed by atoms with Crippen molar-refractivity contribution < 1.29 is 14.3 Å². The molecule has 3 aromatic rings. The molecule has 0 saturated carbocycles. The summed E-state index contributed by atoms with van der Waals surface area (Å²) in [6, 6.07) is 19.4. The minimum Gasteiger partial charge on any atom is -0.497 e. The van der Waals surface area contributed by atoms with Gasteiger partial charge >= 0.3 is 0 Å². The van der Waals surface area contributed by atoms with Crippen molar-refractivity contribution in [2.75, 3.05) is 20.2 Å². The van der Waals surface area contributed by atoms with Gasteiger partial charge in [0.15, 0.2) is 0 Å². The Labute approximate surface area is 188 Å². The number of hydrogen-bond acceptors (Lipinski definition) is 4.